The Hall–Kier alpha value is -2.41. The maximum absolute atomic E-state index is 12.1. The number of nitrogens with one attached hydrogen (secondary N) is 1. The van der Waals surface area contributed by atoms with E-state index in [1.807, 2.05) is 38.1 Å². The van der Waals surface area contributed by atoms with Crippen molar-refractivity contribution in [2.24, 2.45) is 0 Å². The third-order valence-corrected chi connectivity index (χ3v) is 3.96. The van der Waals surface area contributed by atoms with Gasteiger partial charge in [-0.15, -0.1) is 11.3 Å². The molecule has 0 spiro atoms. The first-order chi connectivity index (χ1) is 11.3. The van der Waals surface area contributed by atoms with Crippen LogP contribution in [0.4, 0.5) is 0 Å². The van der Waals surface area contributed by atoms with Crippen molar-refractivity contribution in [1.82, 2.24) is 10.3 Å². The van der Waals surface area contributed by atoms with Gasteiger partial charge in [0.1, 0.15) is 16.5 Å². The Labute approximate surface area is 144 Å². The largest absolute Gasteiger partial charge is 0.491 e. The van der Waals surface area contributed by atoms with Gasteiger partial charge in [0, 0.05) is 17.0 Å². The first kappa shape index (κ1) is 17.9. The van der Waals surface area contributed by atoms with Gasteiger partial charge in [-0.05, 0) is 45.0 Å². The van der Waals surface area contributed by atoms with Crippen LogP contribution in [0.2, 0.25) is 0 Å². The number of carbonyl (C=O) groups is 2. The van der Waals surface area contributed by atoms with Crippen LogP contribution in [-0.2, 0) is 4.79 Å². The first-order valence-corrected chi connectivity index (χ1v) is 8.48. The van der Waals surface area contributed by atoms with E-state index in [1.165, 1.54) is 11.3 Å². The lowest BCUT2D eigenvalue weighted by Crippen LogP contribution is -2.34. The van der Waals surface area contributed by atoms with Crippen molar-refractivity contribution in [2.75, 3.05) is 0 Å². The molecular weight excluding hydrogens is 328 g/mol. The monoisotopic (exact) mass is 348 g/mol. The van der Waals surface area contributed by atoms with Crippen LogP contribution in [0.25, 0.3) is 10.6 Å². The molecule has 1 heterocycles. The smallest absolute Gasteiger partial charge is 0.305 e. The number of benzene rings is 1. The van der Waals surface area contributed by atoms with Gasteiger partial charge < -0.3 is 15.2 Å². The van der Waals surface area contributed by atoms with Crippen LogP contribution in [0.15, 0.2) is 29.6 Å². The van der Waals surface area contributed by atoms with Gasteiger partial charge in [0.2, 0.25) is 0 Å². The topological polar surface area (TPSA) is 88.5 Å². The molecule has 0 aliphatic rings. The van der Waals surface area contributed by atoms with Crippen LogP contribution >= 0.6 is 11.3 Å². The van der Waals surface area contributed by atoms with E-state index >= 15 is 0 Å². The summed E-state index contributed by atoms with van der Waals surface area (Å²) in [6.45, 7) is 5.57. The molecule has 0 radical (unpaired) electrons. The van der Waals surface area contributed by atoms with E-state index in [0.717, 1.165) is 16.3 Å². The summed E-state index contributed by atoms with van der Waals surface area (Å²) < 4.78 is 5.59. The molecule has 2 N–H and O–H groups in total. The SMILES string of the molecule is CC(CC(=O)O)NC(=O)c1csc(-c2ccc(OC(C)C)cc2)n1. The predicted molar refractivity (Wildman–Crippen MR) is 92.5 cm³/mol. The van der Waals surface area contributed by atoms with Crippen molar-refractivity contribution in [2.45, 2.75) is 39.3 Å². The van der Waals surface area contributed by atoms with Crippen LogP contribution in [0.3, 0.4) is 0 Å². The third kappa shape index (κ3) is 5.06. The highest BCUT2D eigenvalue weighted by Gasteiger charge is 2.16. The molecule has 0 saturated carbocycles. The van der Waals surface area contributed by atoms with E-state index in [-0.39, 0.29) is 24.1 Å². The van der Waals surface area contributed by atoms with Crippen LogP contribution in [0, 0.1) is 0 Å². The summed E-state index contributed by atoms with van der Waals surface area (Å²) in [6, 6.07) is 7.07. The highest BCUT2D eigenvalue weighted by molar-refractivity contribution is 7.13. The van der Waals surface area contributed by atoms with Gasteiger partial charge in [-0.25, -0.2) is 4.98 Å². The van der Waals surface area contributed by atoms with Gasteiger partial charge in [-0.3, -0.25) is 9.59 Å². The van der Waals surface area contributed by atoms with Crippen LogP contribution in [-0.4, -0.2) is 34.1 Å². The molecule has 0 bridgehead atoms. The zero-order valence-corrected chi connectivity index (χ0v) is 14.6. The minimum absolute atomic E-state index is 0.110. The number of ether oxygens (including phenoxy) is 1. The quantitative estimate of drug-likeness (QED) is 0.802. The number of aromatic nitrogens is 1. The van der Waals surface area contributed by atoms with E-state index in [9.17, 15) is 9.59 Å². The van der Waals surface area contributed by atoms with Crippen LogP contribution in [0.1, 0.15) is 37.7 Å². The fourth-order valence-corrected chi connectivity index (χ4v) is 2.88. The molecule has 0 aliphatic heterocycles. The Morgan fingerprint density at radius 1 is 1.25 bits per heavy atom. The first-order valence-electron chi connectivity index (χ1n) is 7.60. The Kier molecular flexibility index (Phi) is 5.92. The van der Waals surface area contributed by atoms with Gasteiger partial charge in [0.15, 0.2) is 0 Å². The maximum atomic E-state index is 12.1. The van der Waals surface area contributed by atoms with E-state index in [1.54, 1.807) is 12.3 Å². The molecule has 128 valence electrons. The molecule has 0 fully saturated rings. The molecule has 24 heavy (non-hydrogen) atoms. The van der Waals surface area contributed by atoms with E-state index in [2.05, 4.69) is 10.3 Å². The maximum Gasteiger partial charge on any atom is 0.305 e. The number of amides is 1. The lowest BCUT2D eigenvalue weighted by atomic mass is 10.2. The summed E-state index contributed by atoms with van der Waals surface area (Å²) in [4.78, 5) is 27.0. The summed E-state index contributed by atoms with van der Waals surface area (Å²) in [7, 11) is 0. The number of nitrogens with zero attached hydrogens (tertiary/aromatic N) is 1. The number of carboxylic acids is 1. The Bertz CT molecular complexity index is 710. The Morgan fingerprint density at radius 3 is 2.50 bits per heavy atom. The number of thiazole rings is 1. The number of carboxylic acid groups (broad SMARTS) is 1. The second-order valence-corrected chi connectivity index (χ2v) is 6.56. The van der Waals surface area contributed by atoms with Crippen molar-refractivity contribution in [1.29, 1.82) is 0 Å². The highest BCUT2D eigenvalue weighted by atomic mass is 32.1. The number of hydrogen-bond donors (Lipinski definition) is 2. The van der Waals surface area contributed by atoms with Crippen molar-refractivity contribution in [3.63, 3.8) is 0 Å². The molecular formula is C17H20N2O4S. The number of hydrogen-bond acceptors (Lipinski definition) is 5. The Morgan fingerprint density at radius 2 is 1.92 bits per heavy atom. The normalized spacial score (nSPS) is 12.0. The summed E-state index contributed by atoms with van der Waals surface area (Å²) in [6.07, 6.45) is -0.0149. The third-order valence-electron chi connectivity index (χ3n) is 3.07. The summed E-state index contributed by atoms with van der Waals surface area (Å²) in [5.41, 5.74) is 1.18. The summed E-state index contributed by atoms with van der Waals surface area (Å²) >= 11 is 1.36. The molecule has 1 aromatic heterocycles. The zero-order chi connectivity index (χ0) is 17.7. The number of carbonyl (C=O) groups excluding carboxylic acids is 1. The summed E-state index contributed by atoms with van der Waals surface area (Å²) in [5.74, 6) is -0.540. The highest BCUT2D eigenvalue weighted by Crippen LogP contribution is 2.26. The van der Waals surface area contributed by atoms with Crippen molar-refractivity contribution < 1.29 is 19.4 Å². The average molecular weight is 348 g/mol. The van der Waals surface area contributed by atoms with E-state index in [0.29, 0.717) is 0 Å². The van der Waals surface area contributed by atoms with Crippen molar-refractivity contribution in [3.8, 4) is 16.3 Å². The average Bonchev–Trinajstić information content (AvgIpc) is 2.96. The second-order valence-electron chi connectivity index (χ2n) is 5.70. The van der Waals surface area contributed by atoms with Gasteiger partial charge >= 0.3 is 5.97 Å². The van der Waals surface area contributed by atoms with Crippen LogP contribution in [0.5, 0.6) is 5.75 Å². The summed E-state index contributed by atoms with van der Waals surface area (Å²) in [5, 5.41) is 13.7. The lowest BCUT2D eigenvalue weighted by molar-refractivity contribution is -0.137. The van der Waals surface area contributed by atoms with E-state index in [4.69, 9.17) is 9.84 Å². The molecule has 7 heteroatoms. The molecule has 2 rings (SSSR count). The fourth-order valence-electron chi connectivity index (χ4n) is 2.07. The van der Waals surface area contributed by atoms with Gasteiger partial charge in [0.25, 0.3) is 5.91 Å². The molecule has 0 saturated heterocycles. The van der Waals surface area contributed by atoms with Gasteiger partial charge in [-0.1, -0.05) is 0 Å². The molecule has 0 aliphatic carbocycles. The minimum atomic E-state index is -0.953. The number of aliphatic carboxylic acids is 1. The lowest BCUT2D eigenvalue weighted by Gasteiger charge is -2.10. The van der Waals surface area contributed by atoms with Crippen molar-refractivity contribution in [3.05, 3.63) is 35.3 Å². The molecule has 1 unspecified atom stereocenters. The molecule has 2 aromatic rings. The van der Waals surface area contributed by atoms with Crippen LogP contribution < -0.4 is 10.1 Å². The number of rotatable bonds is 7. The van der Waals surface area contributed by atoms with Gasteiger partial charge in [0.05, 0.1) is 12.5 Å². The molecule has 1 atom stereocenters. The van der Waals surface area contributed by atoms with E-state index < -0.39 is 12.0 Å². The zero-order valence-electron chi connectivity index (χ0n) is 13.8. The predicted octanol–water partition coefficient (Wildman–Crippen LogP) is 3.19. The van der Waals surface area contributed by atoms with Gasteiger partial charge in [-0.2, -0.15) is 0 Å². The second kappa shape index (κ2) is 7.92. The fraction of sp³-hybridized carbons (Fsp3) is 0.353. The molecule has 1 aromatic carbocycles. The standard InChI is InChI=1S/C17H20N2O4S/c1-10(2)23-13-6-4-12(5-7-13)17-19-14(9-24-17)16(22)18-11(3)8-15(20)21/h4-7,9-11H,8H2,1-3H3,(H,18,22)(H,20,21). The minimum Gasteiger partial charge on any atom is -0.491 e. The molecule has 6 nitrogen and oxygen atoms in total. The molecule has 1 amide bonds. The van der Waals surface area contributed by atoms with Crippen molar-refractivity contribution >= 4 is 23.2 Å². The Balaban J connectivity index is 2.04.